The van der Waals surface area contributed by atoms with Crippen molar-refractivity contribution in [1.29, 1.82) is 0 Å². The molecule has 3 heteroatoms. The lowest BCUT2D eigenvalue weighted by Crippen LogP contribution is -2.38. The van der Waals surface area contributed by atoms with E-state index in [0.717, 1.165) is 63.4 Å². The summed E-state index contributed by atoms with van der Waals surface area (Å²) in [6.45, 7) is 11.9. The van der Waals surface area contributed by atoms with Gasteiger partial charge in [0.05, 0.1) is 12.2 Å². The number of carbonyl (C=O) groups excluding carboxylic acids is 1. The summed E-state index contributed by atoms with van der Waals surface area (Å²) in [5, 5.41) is 10.3. The van der Waals surface area contributed by atoms with E-state index in [1.165, 1.54) is 0 Å². The Balaban J connectivity index is 1.76. The molecule has 2 saturated carbocycles. The zero-order valence-electron chi connectivity index (χ0n) is 15.9. The van der Waals surface area contributed by atoms with Gasteiger partial charge in [-0.3, -0.25) is 4.79 Å². The molecule has 0 radical (unpaired) electrons. The molecule has 2 aliphatic rings. The van der Waals surface area contributed by atoms with Crippen LogP contribution in [0.5, 0.6) is 0 Å². The highest BCUT2D eigenvalue weighted by atomic mass is 16.5. The molecular weight excluding hydrogens is 300 g/mol. The second-order valence-electron chi connectivity index (χ2n) is 8.25. The molecule has 2 aliphatic carbocycles. The molecule has 3 atom stereocenters. The van der Waals surface area contributed by atoms with E-state index >= 15 is 0 Å². The number of aliphatic hydroxyl groups is 1. The number of carbonyl (C=O) groups is 1. The van der Waals surface area contributed by atoms with Crippen molar-refractivity contribution in [2.45, 2.75) is 84.2 Å². The van der Waals surface area contributed by atoms with Gasteiger partial charge < -0.3 is 9.84 Å². The fraction of sp³-hybridized carbons (Fsp3) is 0.857. The minimum atomic E-state index is -0.533. The van der Waals surface area contributed by atoms with E-state index in [9.17, 15) is 9.90 Å². The van der Waals surface area contributed by atoms with Crippen molar-refractivity contribution in [3.8, 4) is 0 Å². The van der Waals surface area contributed by atoms with Gasteiger partial charge in [-0.1, -0.05) is 27.4 Å². The molecule has 0 aromatic carbocycles. The second-order valence-corrected chi connectivity index (χ2v) is 8.25. The Kier molecular flexibility index (Phi) is 6.66. The van der Waals surface area contributed by atoms with Crippen molar-refractivity contribution < 1.29 is 14.6 Å². The third-order valence-corrected chi connectivity index (χ3v) is 6.89. The minimum Gasteiger partial charge on any atom is -0.390 e. The van der Waals surface area contributed by atoms with Crippen LogP contribution < -0.4 is 0 Å². The predicted molar refractivity (Wildman–Crippen MR) is 97.9 cm³/mol. The van der Waals surface area contributed by atoms with Crippen LogP contribution in [-0.4, -0.2) is 29.7 Å². The van der Waals surface area contributed by atoms with E-state index in [1.54, 1.807) is 0 Å². The highest BCUT2D eigenvalue weighted by Gasteiger charge is 2.51. The maximum atomic E-state index is 12.2. The zero-order chi connectivity index (χ0) is 17.8. The van der Waals surface area contributed by atoms with Crippen LogP contribution in [0.3, 0.4) is 0 Å². The summed E-state index contributed by atoms with van der Waals surface area (Å²) < 4.78 is 5.85. The first-order valence-electron chi connectivity index (χ1n) is 9.87. The Morgan fingerprint density at radius 1 is 1.38 bits per heavy atom. The van der Waals surface area contributed by atoms with Crippen molar-refractivity contribution in [2.75, 3.05) is 13.2 Å². The Labute approximate surface area is 147 Å². The maximum Gasteiger partial charge on any atom is 0.136 e. The molecule has 0 bridgehead atoms. The maximum absolute atomic E-state index is 12.2. The molecule has 1 N–H and O–H groups in total. The van der Waals surface area contributed by atoms with Crippen LogP contribution in [0.2, 0.25) is 0 Å². The highest BCUT2D eigenvalue weighted by Crippen LogP contribution is 2.56. The monoisotopic (exact) mass is 336 g/mol. The van der Waals surface area contributed by atoms with Crippen molar-refractivity contribution in [2.24, 2.45) is 17.3 Å². The van der Waals surface area contributed by atoms with Crippen molar-refractivity contribution in [3.05, 3.63) is 12.2 Å². The summed E-state index contributed by atoms with van der Waals surface area (Å²) in [5.41, 5.74) is 0.742. The van der Waals surface area contributed by atoms with Gasteiger partial charge in [0.25, 0.3) is 0 Å². The third kappa shape index (κ3) is 4.11. The number of ketones is 1. The summed E-state index contributed by atoms with van der Waals surface area (Å²) in [7, 11) is 0. The fourth-order valence-electron chi connectivity index (χ4n) is 5.01. The summed E-state index contributed by atoms with van der Waals surface area (Å²) in [6, 6.07) is 0. The van der Waals surface area contributed by atoms with Gasteiger partial charge in [0, 0.05) is 18.9 Å². The van der Waals surface area contributed by atoms with E-state index in [0.29, 0.717) is 24.9 Å². The van der Waals surface area contributed by atoms with Crippen LogP contribution in [0.15, 0.2) is 12.2 Å². The number of fused-ring (bicyclic) bond motifs is 1. The molecule has 0 unspecified atom stereocenters. The predicted octanol–water partition coefficient (Wildman–Crippen LogP) is 4.68. The molecule has 2 rings (SSSR count). The lowest BCUT2D eigenvalue weighted by Gasteiger charge is -2.40. The van der Waals surface area contributed by atoms with E-state index in [2.05, 4.69) is 13.5 Å². The topological polar surface area (TPSA) is 46.5 Å². The summed E-state index contributed by atoms with van der Waals surface area (Å²) in [5.74, 6) is 1.14. The van der Waals surface area contributed by atoms with E-state index in [1.807, 2.05) is 13.8 Å². The molecule has 0 spiro atoms. The van der Waals surface area contributed by atoms with E-state index < -0.39 is 5.60 Å². The number of rotatable bonds is 9. The van der Waals surface area contributed by atoms with Gasteiger partial charge in [-0.25, -0.2) is 0 Å². The van der Waals surface area contributed by atoms with Crippen LogP contribution >= 0.6 is 0 Å². The van der Waals surface area contributed by atoms with Crippen LogP contribution in [-0.2, 0) is 9.53 Å². The Hall–Kier alpha value is -0.670. The zero-order valence-corrected chi connectivity index (χ0v) is 15.9. The minimum absolute atomic E-state index is 0.112. The first-order chi connectivity index (χ1) is 11.4. The van der Waals surface area contributed by atoms with E-state index in [4.69, 9.17) is 4.74 Å². The number of ether oxygens (including phenoxy) is 1. The van der Waals surface area contributed by atoms with Crippen LogP contribution in [0.4, 0.5) is 0 Å². The highest BCUT2D eigenvalue weighted by molar-refractivity contribution is 5.83. The van der Waals surface area contributed by atoms with Gasteiger partial charge in [-0.05, 0) is 68.3 Å². The molecule has 3 nitrogen and oxygen atoms in total. The number of Topliss-reactive ketones (excluding diaryl/α,β-unsaturated/α-hetero) is 1. The smallest absolute Gasteiger partial charge is 0.136 e. The number of hydrogen-bond donors (Lipinski definition) is 1. The molecule has 2 fully saturated rings. The summed E-state index contributed by atoms with van der Waals surface area (Å²) >= 11 is 0. The van der Waals surface area contributed by atoms with E-state index in [-0.39, 0.29) is 11.3 Å². The lowest BCUT2D eigenvalue weighted by atomic mass is 9.63. The van der Waals surface area contributed by atoms with Gasteiger partial charge in [-0.2, -0.15) is 0 Å². The fourth-order valence-corrected chi connectivity index (χ4v) is 5.01. The molecular formula is C21H36O3. The molecule has 0 aromatic heterocycles. The molecule has 24 heavy (non-hydrogen) atoms. The number of hydrogen-bond acceptors (Lipinski definition) is 3. The van der Waals surface area contributed by atoms with Gasteiger partial charge in [0.15, 0.2) is 0 Å². The van der Waals surface area contributed by atoms with Crippen molar-refractivity contribution in [1.82, 2.24) is 0 Å². The molecule has 0 aromatic rings. The Morgan fingerprint density at radius 3 is 2.75 bits per heavy atom. The third-order valence-electron chi connectivity index (χ3n) is 6.89. The van der Waals surface area contributed by atoms with Crippen molar-refractivity contribution in [3.63, 3.8) is 0 Å². The molecule has 0 saturated heterocycles. The quantitative estimate of drug-likeness (QED) is 0.491. The second kappa shape index (κ2) is 8.14. The largest absolute Gasteiger partial charge is 0.390 e. The molecule has 0 amide bonds. The standard InChI is InChI=1S/C21H36O3/c1-5-21(23,6-2)13-8-14-24-15-16(3)17-10-11-18-19(22)9-7-12-20(17,18)4/h17-18,23H,3,5-15H2,1-2,4H3/t17-,18+,20-/m1/s1. The average molecular weight is 337 g/mol. The van der Waals surface area contributed by atoms with Crippen LogP contribution in [0.25, 0.3) is 0 Å². The average Bonchev–Trinajstić information content (AvgIpc) is 2.92. The molecule has 138 valence electrons. The SMILES string of the molecule is C=C(COCCCC(O)(CC)CC)[C@H]1CC[C@H]2C(=O)CCC[C@]12C. The lowest BCUT2D eigenvalue weighted by molar-refractivity contribution is -0.129. The summed E-state index contributed by atoms with van der Waals surface area (Å²) in [6.07, 6.45) is 8.33. The first-order valence-corrected chi connectivity index (χ1v) is 9.87. The normalized spacial score (nSPS) is 30.4. The van der Waals surface area contributed by atoms with Crippen molar-refractivity contribution >= 4 is 5.78 Å². The molecule has 0 aliphatic heterocycles. The first kappa shape index (κ1) is 19.7. The van der Waals surface area contributed by atoms with Gasteiger partial charge in [0.1, 0.15) is 5.78 Å². The van der Waals surface area contributed by atoms with Gasteiger partial charge in [-0.15, -0.1) is 0 Å². The van der Waals surface area contributed by atoms with Gasteiger partial charge in [0.2, 0.25) is 0 Å². The Morgan fingerprint density at radius 2 is 2.08 bits per heavy atom. The van der Waals surface area contributed by atoms with Gasteiger partial charge >= 0.3 is 0 Å². The van der Waals surface area contributed by atoms with Crippen LogP contribution in [0.1, 0.15) is 78.6 Å². The molecule has 0 heterocycles. The Bertz CT molecular complexity index is 452. The summed E-state index contributed by atoms with van der Waals surface area (Å²) in [4.78, 5) is 12.2. The van der Waals surface area contributed by atoms with Crippen LogP contribution in [0, 0.1) is 17.3 Å².